The van der Waals surface area contributed by atoms with Gasteiger partial charge in [-0.3, -0.25) is 0 Å². The van der Waals surface area contributed by atoms with E-state index >= 15 is 0 Å². The van der Waals surface area contributed by atoms with Gasteiger partial charge in [0, 0.05) is 24.7 Å². The largest absolute Gasteiger partial charge is 0.371 e. The van der Waals surface area contributed by atoms with Crippen LogP contribution < -0.4 is 4.90 Å². The zero-order valence-electron chi connectivity index (χ0n) is 10.1. The molecular formula is C13H19ClFN. The third-order valence-corrected chi connectivity index (χ3v) is 2.74. The van der Waals surface area contributed by atoms with Gasteiger partial charge < -0.3 is 4.90 Å². The summed E-state index contributed by atoms with van der Waals surface area (Å²) in [4.78, 5) is 2.17. The van der Waals surface area contributed by atoms with Crippen molar-refractivity contribution in [3.63, 3.8) is 0 Å². The summed E-state index contributed by atoms with van der Waals surface area (Å²) >= 11 is 5.74. The first kappa shape index (κ1) is 13.3. The third-order valence-electron chi connectivity index (χ3n) is 2.43. The van der Waals surface area contributed by atoms with Crippen LogP contribution in [0.15, 0.2) is 18.2 Å². The minimum absolute atomic E-state index is 0.213. The maximum Gasteiger partial charge on any atom is 0.125 e. The fourth-order valence-corrected chi connectivity index (χ4v) is 1.91. The second kappa shape index (κ2) is 6.09. The van der Waals surface area contributed by atoms with Gasteiger partial charge in [-0.1, -0.05) is 13.8 Å². The van der Waals surface area contributed by atoms with Gasteiger partial charge >= 0.3 is 0 Å². The van der Waals surface area contributed by atoms with Gasteiger partial charge in [-0.15, -0.1) is 11.6 Å². The Bertz CT molecular complexity index is 339. The van der Waals surface area contributed by atoms with E-state index in [0.29, 0.717) is 11.8 Å². The molecule has 1 aromatic rings. The van der Waals surface area contributed by atoms with E-state index in [-0.39, 0.29) is 5.82 Å². The van der Waals surface area contributed by atoms with Crippen LogP contribution in [0.3, 0.4) is 0 Å². The average Bonchev–Trinajstić information content (AvgIpc) is 2.24. The van der Waals surface area contributed by atoms with Crippen molar-refractivity contribution >= 4 is 17.3 Å². The van der Waals surface area contributed by atoms with Crippen molar-refractivity contribution in [2.75, 3.05) is 18.0 Å². The number of halogens is 2. The van der Waals surface area contributed by atoms with Crippen LogP contribution in [-0.2, 0) is 5.88 Å². The molecule has 0 heterocycles. The summed E-state index contributed by atoms with van der Waals surface area (Å²) in [5.41, 5.74) is 1.76. The van der Waals surface area contributed by atoms with Crippen molar-refractivity contribution < 1.29 is 4.39 Å². The Morgan fingerprint density at radius 2 is 2.00 bits per heavy atom. The topological polar surface area (TPSA) is 3.24 Å². The minimum Gasteiger partial charge on any atom is -0.371 e. The highest BCUT2D eigenvalue weighted by molar-refractivity contribution is 6.17. The summed E-state index contributed by atoms with van der Waals surface area (Å²) in [5, 5.41) is 0. The van der Waals surface area contributed by atoms with Gasteiger partial charge in [0.15, 0.2) is 0 Å². The third kappa shape index (κ3) is 3.67. The summed E-state index contributed by atoms with van der Waals surface area (Å²) in [6.45, 7) is 8.20. The molecule has 0 N–H and O–H groups in total. The van der Waals surface area contributed by atoms with E-state index in [0.717, 1.165) is 24.3 Å². The molecule has 0 aliphatic heterocycles. The molecule has 0 saturated carbocycles. The number of nitrogens with zero attached hydrogens (tertiary/aromatic N) is 1. The van der Waals surface area contributed by atoms with Crippen LogP contribution in [0.1, 0.15) is 26.3 Å². The van der Waals surface area contributed by atoms with Gasteiger partial charge in [-0.05, 0) is 36.6 Å². The maximum absolute atomic E-state index is 13.4. The van der Waals surface area contributed by atoms with Gasteiger partial charge in [0.2, 0.25) is 0 Å². The van der Waals surface area contributed by atoms with Crippen LogP contribution in [0, 0.1) is 11.7 Å². The van der Waals surface area contributed by atoms with Crippen molar-refractivity contribution in [3.05, 3.63) is 29.6 Å². The standard InChI is InChI=1S/C13H19ClFN/c1-4-16(9-10(2)3)13-6-11(8-14)5-12(15)7-13/h5-7,10H,4,8-9H2,1-3H3. The van der Waals surface area contributed by atoms with Crippen LogP contribution in [0.4, 0.5) is 10.1 Å². The van der Waals surface area contributed by atoms with Gasteiger partial charge in [0.1, 0.15) is 5.82 Å². The molecule has 3 heteroatoms. The molecular weight excluding hydrogens is 225 g/mol. The van der Waals surface area contributed by atoms with E-state index < -0.39 is 0 Å². The molecule has 90 valence electrons. The Morgan fingerprint density at radius 3 is 2.50 bits per heavy atom. The molecule has 0 aliphatic rings. The van der Waals surface area contributed by atoms with E-state index in [1.807, 2.05) is 6.07 Å². The molecule has 0 bridgehead atoms. The molecule has 1 nitrogen and oxygen atoms in total. The number of anilines is 1. The van der Waals surface area contributed by atoms with E-state index in [4.69, 9.17) is 11.6 Å². The van der Waals surface area contributed by atoms with Gasteiger partial charge in [-0.25, -0.2) is 4.39 Å². The summed E-state index contributed by atoms with van der Waals surface area (Å²) in [6, 6.07) is 5.02. The Balaban J connectivity index is 2.95. The first-order valence-electron chi connectivity index (χ1n) is 5.67. The molecule has 0 unspecified atom stereocenters. The van der Waals surface area contributed by atoms with E-state index in [1.54, 1.807) is 6.07 Å². The summed E-state index contributed by atoms with van der Waals surface area (Å²) in [7, 11) is 0. The predicted octanol–water partition coefficient (Wildman–Crippen LogP) is 4.05. The van der Waals surface area contributed by atoms with Crippen molar-refractivity contribution in [2.45, 2.75) is 26.7 Å². The fraction of sp³-hybridized carbons (Fsp3) is 0.538. The second-order valence-electron chi connectivity index (χ2n) is 4.38. The van der Waals surface area contributed by atoms with Crippen molar-refractivity contribution in [1.82, 2.24) is 0 Å². The quantitative estimate of drug-likeness (QED) is 0.706. The fourth-order valence-electron chi connectivity index (χ4n) is 1.75. The first-order valence-corrected chi connectivity index (χ1v) is 6.20. The molecule has 0 fully saturated rings. The smallest absolute Gasteiger partial charge is 0.125 e. The zero-order chi connectivity index (χ0) is 12.1. The zero-order valence-corrected chi connectivity index (χ0v) is 10.9. The lowest BCUT2D eigenvalue weighted by Crippen LogP contribution is -2.27. The maximum atomic E-state index is 13.4. The van der Waals surface area contributed by atoms with Gasteiger partial charge in [-0.2, -0.15) is 0 Å². The van der Waals surface area contributed by atoms with Crippen LogP contribution in [0.2, 0.25) is 0 Å². The van der Waals surface area contributed by atoms with Crippen molar-refractivity contribution in [3.8, 4) is 0 Å². The molecule has 1 rings (SSSR count). The van der Waals surface area contributed by atoms with Crippen molar-refractivity contribution in [1.29, 1.82) is 0 Å². The van der Waals surface area contributed by atoms with Crippen molar-refractivity contribution in [2.24, 2.45) is 5.92 Å². The normalized spacial score (nSPS) is 10.9. The lowest BCUT2D eigenvalue weighted by molar-refractivity contribution is 0.607. The summed E-state index contributed by atoms with van der Waals surface area (Å²) < 4.78 is 13.4. The molecule has 0 aromatic heterocycles. The monoisotopic (exact) mass is 243 g/mol. The second-order valence-corrected chi connectivity index (χ2v) is 4.65. The lowest BCUT2D eigenvalue weighted by atomic mass is 10.1. The number of benzene rings is 1. The number of rotatable bonds is 5. The highest BCUT2D eigenvalue weighted by Crippen LogP contribution is 2.20. The molecule has 0 atom stereocenters. The lowest BCUT2D eigenvalue weighted by Gasteiger charge is -2.25. The average molecular weight is 244 g/mol. The summed E-state index contributed by atoms with van der Waals surface area (Å²) in [6.07, 6.45) is 0. The molecule has 0 amide bonds. The SMILES string of the molecule is CCN(CC(C)C)c1cc(F)cc(CCl)c1. The predicted molar refractivity (Wildman–Crippen MR) is 68.7 cm³/mol. The Hall–Kier alpha value is -0.760. The van der Waals surface area contributed by atoms with Gasteiger partial charge in [0.05, 0.1) is 0 Å². The van der Waals surface area contributed by atoms with Crippen LogP contribution in [-0.4, -0.2) is 13.1 Å². The molecule has 0 radical (unpaired) electrons. The molecule has 0 aliphatic carbocycles. The Labute approximate surface area is 102 Å². The minimum atomic E-state index is -0.213. The van der Waals surface area contributed by atoms with Crippen LogP contribution in [0.25, 0.3) is 0 Å². The number of hydrogen-bond acceptors (Lipinski definition) is 1. The Kier molecular flexibility index (Phi) is 5.07. The summed E-state index contributed by atoms with van der Waals surface area (Å²) in [5.74, 6) is 0.697. The molecule has 1 aromatic carbocycles. The number of hydrogen-bond donors (Lipinski definition) is 0. The van der Waals surface area contributed by atoms with Crippen LogP contribution >= 0.6 is 11.6 Å². The highest BCUT2D eigenvalue weighted by atomic mass is 35.5. The van der Waals surface area contributed by atoms with E-state index in [1.165, 1.54) is 6.07 Å². The molecule has 16 heavy (non-hydrogen) atoms. The van der Waals surface area contributed by atoms with E-state index in [2.05, 4.69) is 25.7 Å². The highest BCUT2D eigenvalue weighted by Gasteiger charge is 2.08. The first-order chi connectivity index (χ1) is 7.56. The molecule has 0 saturated heterocycles. The Morgan fingerprint density at radius 1 is 1.31 bits per heavy atom. The van der Waals surface area contributed by atoms with E-state index in [9.17, 15) is 4.39 Å². The van der Waals surface area contributed by atoms with Gasteiger partial charge in [0.25, 0.3) is 0 Å². The number of alkyl halides is 1. The molecule has 0 spiro atoms. The van der Waals surface area contributed by atoms with Crippen LogP contribution in [0.5, 0.6) is 0 Å².